The number of sulfonamides is 1. The molecule has 0 saturated heterocycles. The van der Waals surface area contributed by atoms with E-state index in [9.17, 15) is 8.42 Å². The van der Waals surface area contributed by atoms with Crippen molar-refractivity contribution in [3.05, 3.63) is 52.9 Å². The van der Waals surface area contributed by atoms with Crippen LogP contribution in [0.3, 0.4) is 0 Å². The van der Waals surface area contributed by atoms with Crippen LogP contribution in [-0.4, -0.2) is 28.0 Å². The van der Waals surface area contributed by atoms with Crippen LogP contribution in [0.4, 0.5) is 0 Å². The summed E-state index contributed by atoms with van der Waals surface area (Å²) in [5.74, 6) is 1.02. The standard InChI is InChI=1S/C16H22N4O2S2.HI/c1-12(13-6-4-3-5-7-13)10-19-16(18-2)20-11-14-8-9-15(23-14)24(17,21)22;/h3-9,12H,10-11H2,1-2H3,(H2,17,21,22)(H2,18,19,20);1H. The van der Waals surface area contributed by atoms with Gasteiger partial charge in [-0.05, 0) is 23.6 Å². The summed E-state index contributed by atoms with van der Waals surface area (Å²) in [6.07, 6.45) is 0. The summed E-state index contributed by atoms with van der Waals surface area (Å²) in [6, 6.07) is 13.5. The zero-order valence-electron chi connectivity index (χ0n) is 14.1. The SMILES string of the molecule is CN=C(NCc1ccc(S(N)(=O)=O)s1)NCC(C)c1ccccc1.I. The van der Waals surface area contributed by atoms with Gasteiger partial charge in [-0.25, -0.2) is 13.6 Å². The van der Waals surface area contributed by atoms with Gasteiger partial charge in [-0.2, -0.15) is 0 Å². The molecule has 0 amide bonds. The van der Waals surface area contributed by atoms with E-state index in [2.05, 4.69) is 34.7 Å². The van der Waals surface area contributed by atoms with Crippen LogP contribution in [0.25, 0.3) is 0 Å². The number of nitrogens with one attached hydrogen (secondary N) is 2. The van der Waals surface area contributed by atoms with Gasteiger partial charge < -0.3 is 10.6 Å². The van der Waals surface area contributed by atoms with Crippen molar-refractivity contribution in [1.82, 2.24) is 10.6 Å². The van der Waals surface area contributed by atoms with Crippen LogP contribution >= 0.6 is 35.3 Å². The fourth-order valence-corrected chi connectivity index (χ4v) is 3.87. The summed E-state index contributed by atoms with van der Waals surface area (Å²) < 4.78 is 22.7. The lowest BCUT2D eigenvalue weighted by Gasteiger charge is -2.16. The first-order valence-corrected chi connectivity index (χ1v) is 9.87. The minimum atomic E-state index is -3.63. The maximum atomic E-state index is 11.3. The molecular weight excluding hydrogens is 471 g/mol. The van der Waals surface area contributed by atoms with E-state index in [1.807, 2.05) is 18.2 Å². The number of primary sulfonamides is 1. The number of nitrogens with two attached hydrogens (primary N) is 1. The fourth-order valence-electron chi connectivity index (χ4n) is 2.15. The quantitative estimate of drug-likeness (QED) is 0.327. The van der Waals surface area contributed by atoms with E-state index < -0.39 is 10.0 Å². The molecule has 2 aromatic rings. The van der Waals surface area contributed by atoms with Gasteiger partial charge in [-0.15, -0.1) is 35.3 Å². The number of guanidine groups is 1. The second-order valence-corrected chi connectivity index (χ2v) is 8.34. The van der Waals surface area contributed by atoms with E-state index >= 15 is 0 Å². The number of halogens is 1. The van der Waals surface area contributed by atoms with Crippen molar-refractivity contribution < 1.29 is 8.42 Å². The number of aliphatic imine (C=N–C) groups is 1. The van der Waals surface area contributed by atoms with Crippen molar-refractivity contribution in [2.24, 2.45) is 10.1 Å². The van der Waals surface area contributed by atoms with Crippen molar-refractivity contribution in [3.63, 3.8) is 0 Å². The Morgan fingerprint density at radius 1 is 1.20 bits per heavy atom. The highest BCUT2D eigenvalue weighted by molar-refractivity contribution is 14.0. The molecule has 0 saturated carbocycles. The summed E-state index contributed by atoms with van der Waals surface area (Å²) in [7, 11) is -1.93. The lowest BCUT2D eigenvalue weighted by atomic mass is 10.0. The molecule has 138 valence electrons. The Bertz CT molecular complexity index is 791. The maximum Gasteiger partial charge on any atom is 0.247 e. The molecule has 0 aliphatic heterocycles. The van der Waals surface area contributed by atoms with Crippen LogP contribution in [-0.2, 0) is 16.6 Å². The second-order valence-electron chi connectivity index (χ2n) is 5.38. The topological polar surface area (TPSA) is 96.6 Å². The van der Waals surface area contributed by atoms with Crippen LogP contribution in [0.5, 0.6) is 0 Å². The third kappa shape index (κ3) is 6.92. The van der Waals surface area contributed by atoms with Crippen LogP contribution in [0, 0.1) is 0 Å². The fraction of sp³-hybridized carbons (Fsp3) is 0.312. The molecule has 25 heavy (non-hydrogen) atoms. The van der Waals surface area contributed by atoms with E-state index in [1.165, 1.54) is 11.6 Å². The van der Waals surface area contributed by atoms with Gasteiger partial charge in [0.15, 0.2) is 5.96 Å². The molecule has 6 nitrogen and oxygen atoms in total. The summed E-state index contributed by atoms with van der Waals surface area (Å²) in [5, 5.41) is 11.6. The van der Waals surface area contributed by atoms with E-state index in [-0.39, 0.29) is 28.2 Å². The lowest BCUT2D eigenvalue weighted by Crippen LogP contribution is -2.38. The number of hydrogen-bond acceptors (Lipinski definition) is 4. The normalized spacial score (nSPS) is 13.0. The minimum Gasteiger partial charge on any atom is -0.356 e. The van der Waals surface area contributed by atoms with E-state index in [0.717, 1.165) is 22.8 Å². The van der Waals surface area contributed by atoms with Gasteiger partial charge in [0.1, 0.15) is 4.21 Å². The second kappa shape index (κ2) is 10.1. The molecule has 1 unspecified atom stereocenters. The minimum absolute atomic E-state index is 0. The predicted molar refractivity (Wildman–Crippen MR) is 114 cm³/mol. The van der Waals surface area contributed by atoms with Gasteiger partial charge >= 0.3 is 0 Å². The van der Waals surface area contributed by atoms with Crippen LogP contribution in [0.15, 0.2) is 51.7 Å². The van der Waals surface area contributed by atoms with Gasteiger partial charge in [0.25, 0.3) is 0 Å². The average molecular weight is 494 g/mol. The monoisotopic (exact) mass is 494 g/mol. The molecule has 1 atom stereocenters. The third-order valence-corrected chi connectivity index (χ3v) is 6.04. The van der Waals surface area contributed by atoms with Crippen LogP contribution in [0.2, 0.25) is 0 Å². The van der Waals surface area contributed by atoms with E-state index in [4.69, 9.17) is 5.14 Å². The molecule has 2 rings (SSSR count). The lowest BCUT2D eigenvalue weighted by molar-refractivity contribution is 0.600. The molecule has 0 spiro atoms. The summed E-state index contributed by atoms with van der Waals surface area (Å²) in [5.41, 5.74) is 1.26. The Morgan fingerprint density at radius 3 is 2.44 bits per heavy atom. The summed E-state index contributed by atoms with van der Waals surface area (Å²) in [6.45, 7) is 3.38. The molecular formula is C16H23IN4O2S2. The van der Waals surface area contributed by atoms with Crippen LogP contribution in [0.1, 0.15) is 23.3 Å². The Hall–Kier alpha value is -1.17. The van der Waals surface area contributed by atoms with Crippen LogP contribution < -0.4 is 15.8 Å². The maximum absolute atomic E-state index is 11.3. The molecule has 4 N–H and O–H groups in total. The van der Waals surface area contributed by atoms with E-state index in [1.54, 1.807) is 13.1 Å². The first kappa shape index (κ1) is 21.9. The Kier molecular flexibility index (Phi) is 8.83. The Morgan fingerprint density at radius 2 is 1.88 bits per heavy atom. The molecule has 0 aliphatic rings. The Balaban J connectivity index is 0.00000312. The molecule has 9 heteroatoms. The van der Waals surface area contributed by atoms with Gasteiger partial charge in [0.05, 0.1) is 6.54 Å². The number of hydrogen-bond donors (Lipinski definition) is 3. The highest BCUT2D eigenvalue weighted by atomic mass is 127. The molecule has 1 aromatic carbocycles. The van der Waals surface area contributed by atoms with Crippen molar-refractivity contribution in [1.29, 1.82) is 0 Å². The van der Waals surface area contributed by atoms with Gasteiger partial charge in [0, 0.05) is 18.5 Å². The predicted octanol–water partition coefficient (Wildman–Crippen LogP) is 2.48. The van der Waals surface area contributed by atoms with Gasteiger partial charge in [-0.3, -0.25) is 4.99 Å². The molecule has 0 bridgehead atoms. The van der Waals surface area contributed by atoms with Crippen molar-refractivity contribution in [2.45, 2.75) is 23.6 Å². The van der Waals surface area contributed by atoms with Crippen molar-refractivity contribution in [3.8, 4) is 0 Å². The van der Waals surface area contributed by atoms with Crippen molar-refractivity contribution in [2.75, 3.05) is 13.6 Å². The van der Waals surface area contributed by atoms with E-state index in [0.29, 0.717) is 18.4 Å². The number of rotatable bonds is 6. The largest absolute Gasteiger partial charge is 0.356 e. The third-order valence-electron chi connectivity index (χ3n) is 3.52. The zero-order chi connectivity index (χ0) is 17.6. The molecule has 0 fully saturated rings. The number of nitrogens with zero attached hydrogens (tertiary/aromatic N) is 1. The van der Waals surface area contributed by atoms with Gasteiger partial charge in [-0.1, -0.05) is 37.3 Å². The highest BCUT2D eigenvalue weighted by Gasteiger charge is 2.11. The molecule has 1 aromatic heterocycles. The average Bonchev–Trinajstić information content (AvgIpc) is 3.05. The molecule has 1 heterocycles. The van der Waals surface area contributed by atoms with Crippen molar-refractivity contribution >= 4 is 51.3 Å². The first-order valence-electron chi connectivity index (χ1n) is 7.51. The Labute approximate surface area is 170 Å². The molecule has 0 aliphatic carbocycles. The molecule has 0 radical (unpaired) electrons. The summed E-state index contributed by atoms with van der Waals surface area (Å²) >= 11 is 1.16. The smallest absolute Gasteiger partial charge is 0.247 e. The number of thiophene rings is 1. The highest BCUT2D eigenvalue weighted by Crippen LogP contribution is 2.20. The van der Waals surface area contributed by atoms with Gasteiger partial charge in [0.2, 0.25) is 10.0 Å². The number of benzene rings is 1. The zero-order valence-corrected chi connectivity index (χ0v) is 18.1. The summed E-state index contributed by atoms with van der Waals surface area (Å²) in [4.78, 5) is 5.05. The first-order chi connectivity index (χ1) is 11.4.